The van der Waals surface area contributed by atoms with E-state index in [0.717, 1.165) is 30.8 Å². The highest BCUT2D eigenvalue weighted by Crippen LogP contribution is 2.31. The summed E-state index contributed by atoms with van der Waals surface area (Å²) in [6.45, 7) is 0. The molecule has 0 aromatic heterocycles. The van der Waals surface area contributed by atoms with Crippen LogP contribution in [0.5, 0.6) is 23.0 Å². The van der Waals surface area contributed by atoms with Gasteiger partial charge in [-0.05, 0) is 85.3 Å². The molecule has 1 atom stereocenters. The molecule has 3 heteroatoms. The average molecular weight is 370 g/mol. The number of ether oxygens (including phenoxy) is 2. The molecule has 0 saturated carbocycles. The number of terminal acetylenes is 1. The third-order valence-corrected chi connectivity index (χ3v) is 5.04. The molecule has 0 spiro atoms. The van der Waals surface area contributed by atoms with E-state index in [1.807, 2.05) is 60.7 Å². The molecule has 1 unspecified atom stereocenters. The van der Waals surface area contributed by atoms with Gasteiger partial charge in [0.05, 0.1) is 0 Å². The molecule has 0 aliphatic carbocycles. The van der Waals surface area contributed by atoms with Crippen LogP contribution in [0.4, 0.5) is 0 Å². The van der Waals surface area contributed by atoms with Crippen molar-refractivity contribution in [1.82, 2.24) is 0 Å². The van der Waals surface area contributed by atoms with Crippen LogP contribution in [-0.4, -0.2) is 5.11 Å². The van der Waals surface area contributed by atoms with Crippen LogP contribution < -0.4 is 9.47 Å². The molecule has 28 heavy (non-hydrogen) atoms. The van der Waals surface area contributed by atoms with Crippen molar-refractivity contribution in [3.63, 3.8) is 0 Å². The first-order valence-electron chi connectivity index (χ1n) is 9.50. The lowest BCUT2D eigenvalue weighted by Gasteiger charge is -2.23. The zero-order valence-corrected chi connectivity index (χ0v) is 15.6. The minimum Gasteiger partial charge on any atom is -0.457 e. The Morgan fingerprint density at radius 3 is 1.68 bits per heavy atom. The quantitative estimate of drug-likeness (QED) is 0.507. The summed E-state index contributed by atoms with van der Waals surface area (Å²) in [4.78, 5) is 0. The summed E-state index contributed by atoms with van der Waals surface area (Å²) < 4.78 is 11.8. The maximum atomic E-state index is 10.9. The predicted molar refractivity (Wildman–Crippen MR) is 110 cm³/mol. The maximum Gasteiger partial charge on any atom is 0.150 e. The van der Waals surface area contributed by atoms with Gasteiger partial charge in [0.1, 0.15) is 23.0 Å². The number of aryl methyl sites for hydroxylation is 1. The van der Waals surface area contributed by atoms with Gasteiger partial charge < -0.3 is 14.6 Å². The molecule has 6 bridgehead atoms. The molecule has 1 N–H and O–H groups in total. The van der Waals surface area contributed by atoms with Gasteiger partial charge in [0.2, 0.25) is 0 Å². The third kappa shape index (κ3) is 4.03. The minimum atomic E-state index is -1.26. The maximum absolute atomic E-state index is 10.9. The summed E-state index contributed by atoms with van der Waals surface area (Å²) in [6, 6.07) is 22.9. The molecular weight excluding hydrogens is 348 g/mol. The molecular formula is C25H22O3. The van der Waals surface area contributed by atoms with Gasteiger partial charge in [-0.2, -0.15) is 0 Å². The van der Waals surface area contributed by atoms with Crippen molar-refractivity contribution in [1.29, 1.82) is 0 Å². The Morgan fingerprint density at radius 2 is 1.18 bits per heavy atom. The van der Waals surface area contributed by atoms with Gasteiger partial charge in [-0.25, -0.2) is 0 Å². The lowest BCUT2D eigenvalue weighted by molar-refractivity contribution is 0.0873. The Hall–Kier alpha value is -3.22. The van der Waals surface area contributed by atoms with E-state index in [1.165, 1.54) is 5.56 Å². The number of fused-ring (bicyclic) bond motifs is 1. The lowest BCUT2D eigenvalue weighted by Crippen LogP contribution is -2.23. The Labute approximate surface area is 165 Å². The van der Waals surface area contributed by atoms with E-state index < -0.39 is 5.60 Å². The van der Waals surface area contributed by atoms with Crippen molar-refractivity contribution < 1.29 is 14.6 Å². The van der Waals surface area contributed by atoms with E-state index in [1.54, 1.807) is 0 Å². The van der Waals surface area contributed by atoms with E-state index in [9.17, 15) is 5.11 Å². The van der Waals surface area contributed by atoms with Crippen LogP contribution in [0.1, 0.15) is 30.4 Å². The molecule has 140 valence electrons. The SMILES string of the molecule is C#CC1(O)CCCCc2ccc(cc2)Oc2ccc(cc2)Oc2ccc1cc2. The Kier molecular flexibility index (Phi) is 5.06. The van der Waals surface area contributed by atoms with Crippen LogP contribution in [0.15, 0.2) is 72.8 Å². The van der Waals surface area contributed by atoms with Gasteiger partial charge in [0, 0.05) is 0 Å². The smallest absolute Gasteiger partial charge is 0.150 e. The fraction of sp³-hybridized carbons (Fsp3) is 0.200. The largest absolute Gasteiger partial charge is 0.457 e. The number of hydrogen-bond donors (Lipinski definition) is 1. The Balaban J connectivity index is 1.65. The summed E-state index contributed by atoms with van der Waals surface area (Å²) in [5.41, 5.74) is 0.692. The monoisotopic (exact) mass is 370 g/mol. The van der Waals surface area contributed by atoms with E-state index in [0.29, 0.717) is 23.5 Å². The zero-order valence-electron chi connectivity index (χ0n) is 15.6. The average Bonchev–Trinajstić information content (AvgIpc) is 2.74. The number of aliphatic hydroxyl groups is 1. The summed E-state index contributed by atoms with van der Waals surface area (Å²) in [7, 11) is 0. The van der Waals surface area contributed by atoms with E-state index in [2.05, 4.69) is 18.1 Å². The molecule has 5 heterocycles. The summed E-state index contributed by atoms with van der Waals surface area (Å²) in [5.74, 6) is 5.52. The second-order valence-electron chi connectivity index (χ2n) is 7.06. The lowest BCUT2D eigenvalue weighted by atomic mass is 9.88. The molecule has 3 aromatic rings. The molecule has 0 saturated heterocycles. The summed E-state index contributed by atoms with van der Waals surface area (Å²) in [5, 5.41) is 10.9. The molecule has 0 radical (unpaired) electrons. The van der Waals surface area contributed by atoms with Gasteiger partial charge >= 0.3 is 0 Å². The number of rotatable bonds is 0. The first kappa shape index (κ1) is 18.2. The molecule has 0 amide bonds. The Morgan fingerprint density at radius 1 is 0.714 bits per heavy atom. The summed E-state index contributed by atoms with van der Waals surface area (Å²) in [6.07, 6.45) is 8.91. The van der Waals surface area contributed by atoms with Crippen molar-refractivity contribution in [2.75, 3.05) is 0 Å². The first-order chi connectivity index (χ1) is 13.6. The fourth-order valence-electron chi connectivity index (χ4n) is 3.38. The van der Waals surface area contributed by atoms with Crippen molar-refractivity contribution >= 4 is 0 Å². The van der Waals surface area contributed by atoms with Crippen LogP contribution >= 0.6 is 0 Å². The van der Waals surface area contributed by atoms with Gasteiger partial charge in [-0.3, -0.25) is 0 Å². The summed E-state index contributed by atoms with van der Waals surface area (Å²) >= 11 is 0. The molecule has 3 nitrogen and oxygen atoms in total. The van der Waals surface area contributed by atoms with Gasteiger partial charge in [0.25, 0.3) is 0 Å². The van der Waals surface area contributed by atoms with Crippen molar-refractivity contribution in [2.45, 2.75) is 31.3 Å². The highest BCUT2D eigenvalue weighted by Gasteiger charge is 2.26. The van der Waals surface area contributed by atoms with Crippen LogP contribution in [-0.2, 0) is 12.0 Å². The predicted octanol–water partition coefficient (Wildman–Crippen LogP) is 5.82. The zero-order chi connectivity index (χ0) is 19.4. The standard InChI is InChI=1S/C25H22O3/c1-2-25(26)18-4-3-5-19-6-10-21(11-7-19)27-23-14-16-24(17-15-23)28-22-12-8-20(25)9-13-22/h1,6-17,26H,3-5,18H2. The third-order valence-electron chi connectivity index (χ3n) is 5.04. The van der Waals surface area contributed by atoms with Crippen LogP contribution in [0.2, 0.25) is 0 Å². The highest BCUT2D eigenvalue weighted by molar-refractivity contribution is 5.40. The van der Waals surface area contributed by atoms with Crippen LogP contribution in [0.25, 0.3) is 0 Å². The van der Waals surface area contributed by atoms with Gasteiger partial charge in [-0.1, -0.05) is 30.2 Å². The topological polar surface area (TPSA) is 38.7 Å². The van der Waals surface area contributed by atoms with Gasteiger partial charge in [-0.15, -0.1) is 6.42 Å². The second kappa shape index (κ2) is 7.80. The van der Waals surface area contributed by atoms with E-state index in [4.69, 9.17) is 15.9 Å². The van der Waals surface area contributed by atoms with Gasteiger partial charge in [0.15, 0.2) is 5.60 Å². The minimum absolute atomic E-state index is 0.520. The van der Waals surface area contributed by atoms with Crippen molar-refractivity contribution in [2.24, 2.45) is 0 Å². The molecule has 5 aliphatic heterocycles. The van der Waals surface area contributed by atoms with Crippen LogP contribution in [0.3, 0.4) is 0 Å². The highest BCUT2D eigenvalue weighted by atomic mass is 16.5. The number of hydrogen-bond acceptors (Lipinski definition) is 3. The van der Waals surface area contributed by atoms with Crippen molar-refractivity contribution in [3.05, 3.63) is 83.9 Å². The molecule has 0 fully saturated rings. The Bertz CT molecular complexity index is 966. The molecule has 3 aromatic carbocycles. The van der Waals surface area contributed by atoms with Crippen molar-refractivity contribution in [3.8, 4) is 35.3 Å². The first-order valence-corrected chi connectivity index (χ1v) is 9.50. The fourth-order valence-corrected chi connectivity index (χ4v) is 3.38. The van der Waals surface area contributed by atoms with E-state index >= 15 is 0 Å². The molecule has 8 rings (SSSR count). The second-order valence-corrected chi connectivity index (χ2v) is 7.06. The van der Waals surface area contributed by atoms with Crippen LogP contribution in [0, 0.1) is 12.3 Å². The normalized spacial score (nSPS) is 19.0. The number of benzene rings is 3. The molecule has 5 aliphatic rings. The van der Waals surface area contributed by atoms with E-state index in [-0.39, 0.29) is 0 Å².